The highest BCUT2D eigenvalue weighted by molar-refractivity contribution is 6.30. The van der Waals surface area contributed by atoms with Crippen molar-refractivity contribution in [1.82, 2.24) is 5.32 Å². The van der Waals surface area contributed by atoms with E-state index in [0.29, 0.717) is 17.3 Å². The Morgan fingerprint density at radius 1 is 1.23 bits per heavy atom. The van der Waals surface area contributed by atoms with Gasteiger partial charge in [0.1, 0.15) is 13.2 Å². The van der Waals surface area contributed by atoms with Crippen molar-refractivity contribution in [3.05, 3.63) is 29.3 Å². The van der Waals surface area contributed by atoms with Crippen LogP contribution >= 0.6 is 11.6 Å². The smallest absolute Gasteiger partial charge is 0.250 e. The summed E-state index contributed by atoms with van der Waals surface area (Å²) >= 11 is 5.75. The van der Waals surface area contributed by atoms with E-state index in [0.717, 1.165) is 19.4 Å². The molecule has 0 unspecified atom stereocenters. The number of amides is 2. The number of hydrogen-bond acceptors (Lipinski definition) is 4. The molecule has 0 radical (unpaired) electrons. The summed E-state index contributed by atoms with van der Waals surface area (Å²) in [5.41, 5.74) is 0.626. The number of rotatable bonds is 7. The Hall–Kier alpha value is -1.63. The van der Waals surface area contributed by atoms with Crippen LogP contribution in [0.5, 0.6) is 0 Å². The third kappa shape index (κ3) is 6.01. The SMILES string of the molecule is O=C(COCC(=O)Nc1ccc(Cl)cc1)NC[C@@H]1CCCO1. The van der Waals surface area contributed by atoms with Gasteiger partial charge in [0.05, 0.1) is 6.10 Å². The van der Waals surface area contributed by atoms with Gasteiger partial charge in [0.2, 0.25) is 11.8 Å². The average molecular weight is 327 g/mol. The zero-order valence-electron chi connectivity index (χ0n) is 12.1. The fraction of sp³-hybridized carbons (Fsp3) is 0.467. The van der Waals surface area contributed by atoms with Crippen molar-refractivity contribution in [2.75, 3.05) is 31.7 Å². The van der Waals surface area contributed by atoms with Gasteiger partial charge in [0.25, 0.3) is 0 Å². The molecule has 0 saturated carbocycles. The molecule has 1 heterocycles. The van der Waals surface area contributed by atoms with Gasteiger partial charge in [-0.15, -0.1) is 0 Å². The normalized spacial score (nSPS) is 17.2. The van der Waals surface area contributed by atoms with Crippen molar-refractivity contribution in [3.8, 4) is 0 Å². The van der Waals surface area contributed by atoms with Gasteiger partial charge in [-0.2, -0.15) is 0 Å². The molecule has 0 bridgehead atoms. The van der Waals surface area contributed by atoms with Crippen LogP contribution in [0.25, 0.3) is 0 Å². The van der Waals surface area contributed by atoms with Crippen LogP contribution in [0.1, 0.15) is 12.8 Å². The first-order valence-corrected chi connectivity index (χ1v) is 7.53. The van der Waals surface area contributed by atoms with Crippen LogP contribution in [0.2, 0.25) is 5.02 Å². The van der Waals surface area contributed by atoms with Crippen molar-refractivity contribution < 1.29 is 19.1 Å². The van der Waals surface area contributed by atoms with Crippen molar-refractivity contribution >= 4 is 29.1 Å². The van der Waals surface area contributed by atoms with Gasteiger partial charge in [-0.25, -0.2) is 0 Å². The Balaban J connectivity index is 1.57. The number of hydrogen-bond donors (Lipinski definition) is 2. The number of halogens is 1. The Morgan fingerprint density at radius 2 is 1.95 bits per heavy atom. The highest BCUT2D eigenvalue weighted by Gasteiger charge is 2.16. The summed E-state index contributed by atoms with van der Waals surface area (Å²) in [5, 5.41) is 5.96. The van der Waals surface area contributed by atoms with Gasteiger partial charge in [-0.05, 0) is 37.1 Å². The Kier molecular flexibility index (Phi) is 6.64. The largest absolute Gasteiger partial charge is 0.376 e. The maximum atomic E-state index is 11.6. The second-order valence-corrected chi connectivity index (χ2v) is 5.42. The monoisotopic (exact) mass is 326 g/mol. The fourth-order valence-corrected chi connectivity index (χ4v) is 2.18. The summed E-state index contributed by atoms with van der Waals surface area (Å²) < 4.78 is 10.5. The lowest BCUT2D eigenvalue weighted by molar-refractivity contribution is -0.129. The first kappa shape index (κ1) is 16.7. The molecule has 22 heavy (non-hydrogen) atoms. The van der Waals surface area contributed by atoms with E-state index < -0.39 is 0 Å². The first-order valence-electron chi connectivity index (χ1n) is 7.15. The second-order valence-electron chi connectivity index (χ2n) is 4.99. The quantitative estimate of drug-likeness (QED) is 0.797. The molecule has 6 nitrogen and oxygen atoms in total. The zero-order chi connectivity index (χ0) is 15.8. The van der Waals surface area contributed by atoms with E-state index in [1.807, 2.05) is 0 Å². The minimum atomic E-state index is -0.325. The molecule has 1 atom stereocenters. The number of ether oxygens (including phenoxy) is 2. The molecule has 0 aliphatic carbocycles. The molecule has 1 aromatic carbocycles. The van der Waals surface area contributed by atoms with Crippen LogP contribution in [0, 0.1) is 0 Å². The summed E-state index contributed by atoms with van der Waals surface area (Å²) in [4.78, 5) is 23.2. The van der Waals surface area contributed by atoms with Crippen LogP contribution in [-0.2, 0) is 19.1 Å². The molecule has 0 spiro atoms. The molecule has 2 rings (SSSR count). The van der Waals surface area contributed by atoms with Crippen molar-refractivity contribution in [3.63, 3.8) is 0 Å². The average Bonchev–Trinajstić information content (AvgIpc) is 3.01. The summed E-state index contributed by atoms with van der Waals surface area (Å²) in [5.74, 6) is -0.580. The summed E-state index contributed by atoms with van der Waals surface area (Å²) in [6.45, 7) is 0.901. The van der Waals surface area contributed by atoms with Crippen LogP contribution in [-0.4, -0.2) is 44.3 Å². The van der Waals surface area contributed by atoms with E-state index >= 15 is 0 Å². The highest BCUT2D eigenvalue weighted by Crippen LogP contribution is 2.13. The minimum Gasteiger partial charge on any atom is -0.376 e. The van der Waals surface area contributed by atoms with E-state index in [4.69, 9.17) is 21.1 Å². The highest BCUT2D eigenvalue weighted by atomic mass is 35.5. The predicted octanol–water partition coefficient (Wildman–Crippen LogP) is 1.59. The molecule has 2 N–H and O–H groups in total. The van der Waals surface area contributed by atoms with Crippen molar-refractivity contribution in [2.24, 2.45) is 0 Å². The third-order valence-corrected chi connectivity index (χ3v) is 3.40. The molecule has 1 fully saturated rings. The van der Waals surface area contributed by atoms with Gasteiger partial charge in [0, 0.05) is 23.9 Å². The third-order valence-electron chi connectivity index (χ3n) is 3.15. The van der Waals surface area contributed by atoms with Gasteiger partial charge >= 0.3 is 0 Å². The van der Waals surface area contributed by atoms with Crippen molar-refractivity contribution in [2.45, 2.75) is 18.9 Å². The molecule has 0 aromatic heterocycles. The molecule has 120 valence electrons. The van der Waals surface area contributed by atoms with Gasteiger partial charge in [-0.3, -0.25) is 9.59 Å². The molecule has 2 amide bonds. The molecule has 7 heteroatoms. The number of carbonyl (C=O) groups excluding carboxylic acids is 2. The molecule has 1 aliphatic rings. The van der Waals surface area contributed by atoms with E-state index in [9.17, 15) is 9.59 Å². The number of nitrogens with one attached hydrogen (secondary N) is 2. The lowest BCUT2D eigenvalue weighted by Gasteiger charge is -2.11. The summed E-state index contributed by atoms with van der Waals surface area (Å²) in [6.07, 6.45) is 2.09. The summed E-state index contributed by atoms with van der Waals surface area (Å²) in [7, 11) is 0. The van der Waals surface area contributed by atoms with Crippen molar-refractivity contribution in [1.29, 1.82) is 0 Å². The van der Waals surface area contributed by atoms with E-state index in [-0.39, 0.29) is 31.1 Å². The maximum Gasteiger partial charge on any atom is 0.250 e. The van der Waals surface area contributed by atoms with Gasteiger partial charge < -0.3 is 20.1 Å². The number of carbonyl (C=O) groups is 2. The van der Waals surface area contributed by atoms with Crippen LogP contribution in [0.3, 0.4) is 0 Å². The predicted molar refractivity (Wildman–Crippen MR) is 82.9 cm³/mol. The molecule has 1 saturated heterocycles. The number of benzene rings is 1. The second kappa shape index (κ2) is 8.73. The number of anilines is 1. The first-order chi connectivity index (χ1) is 10.6. The standard InChI is InChI=1S/C15H19ClN2O4/c16-11-3-5-12(6-4-11)18-15(20)10-21-9-14(19)17-8-13-2-1-7-22-13/h3-6,13H,1-2,7-10H2,(H,17,19)(H,18,20)/t13-/m0/s1. The van der Waals surface area contributed by atoms with E-state index in [2.05, 4.69) is 10.6 Å². The molecular weight excluding hydrogens is 308 g/mol. The van der Waals surface area contributed by atoms with Gasteiger partial charge in [-0.1, -0.05) is 11.6 Å². The molecule has 1 aliphatic heterocycles. The van der Waals surface area contributed by atoms with E-state index in [1.54, 1.807) is 24.3 Å². The Morgan fingerprint density at radius 3 is 2.64 bits per heavy atom. The Labute approximate surface area is 134 Å². The van der Waals surface area contributed by atoms with Crippen LogP contribution in [0.4, 0.5) is 5.69 Å². The maximum absolute atomic E-state index is 11.6. The zero-order valence-corrected chi connectivity index (χ0v) is 12.9. The van der Waals surface area contributed by atoms with Crippen LogP contribution < -0.4 is 10.6 Å². The van der Waals surface area contributed by atoms with E-state index in [1.165, 1.54) is 0 Å². The molecule has 1 aromatic rings. The fourth-order valence-electron chi connectivity index (χ4n) is 2.05. The topological polar surface area (TPSA) is 76.7 Å². The lowest BCUT2D eigenvalue weighted by atomic mass is 10.2. The lowest BCUT2D eigenvalue weighted by Crippen LogP contribution is -2.35. The summed E-state index contributed by atoms with van der Waals surface area (Å²) in [6, 6.07) is 6.73. The van der Waals surface area contributed by atoms with Crippen LogP contribution in [0.15, 0.2) is 24.3 Å². The molecular formula is C15H19ClN2O4. The minimum absolute atomic E-state index is 0.0946. The Bertz CT molecular complexity index is 501. The van der Waals surface area contributed by atoms with Gasteiger partial charge in [0.15, 0.2) is 0 Å².